The molecule has 0 spiro atoms. The van der Waals surface area contributed by atoms with Crippen molar-refractivity contribution in [1.82, 2.24) is 4.90 Å². The summed E-state index contributed by atoms with van der Waals surface area (Å²) >= 11 is 0. The number of benzene rings is 1. The van der Waals surface area contributed by atoms with Crippen LogP contribution >= 0.6 is 0 Å². The number of nitrogens with two attached hydrogens (primary N) is 1. The van der Waals surface area contributed by atoms with E-state index in [0.29, 0.717) is 18.5 Å². The molecule has 1 fully saturated rings. The van der Waals surface area contributed by atoms with Crippen molar-refractivity contribution in [3.63, 3.8) is 0 Å². The molecule has 3 nitrogen and oxygen atoms in total. The van der Waals surface area contributed by atoms with Gasteiger partial charge in [0.2, 0.25) is 0 Å². The average molecular weight is 262 g/mol. The van der Waals surface area contributed by atoms with E-state index in [4.69, 9.17) is 5.73 Å². The van der Waals surface area contributed by atoms with Crippen molar-refractivity contribution in [3.05, 3.63) is 35.9 Å². The highest BCUT2D eigenvalue weighted by molar-refractivity contribution is 5.20. The Balaban J connectivity index is 1.98. The average Bonchev–Trinajstić information content (AvgIpc) is 2.46. The molecule has 0 aliphatic heterocycles. The standard InChI is InChI=1S/C16H26N2O/c1-18(15-9-5-6-10-16(15)19)12-14(11-17)13-7-3-2-4-8-13/h2-4,7-8,14-16,19H,5-6,9-12,17H2,1H3. The second-order valence-electron chi connectivity index (χ2n) is 5.70. The maximum atomic E-state index is 10.1. The van der Waals surface area contributed by atoms with Gasteiger partial charge < -0.3 is 15.7 Å². The normalized spacial score (nSPS) is 25.5. The molecule has 0 bridgehead atoms. The van der Waals surface area contributed by atoms with Crippen LogP contribution in [0.3, 0.4) is 0 Å². The van der Waals surface area contributed by atoms with Crippen LogP contribution in [-0.4, -0.2) is 42.3 Å². The summed E-state index contributed by atoms with van der Waals surface area (Å²) in [5.41, 5.74) is 7.22. The number of nitrogens with zero attached hydrogens (tertiary/aromatic N) is 1. The molecule has 1 aliphatic rings. The predicted octanol–water partition coefficient (Wildman–Crippen LogP) is 1.96. The summed E-state index contributed by atoms with van der Waals surface area (Å²) in [6.45, 7) is 1.57. The third-order valence-electron chi connectivity index (χ3n) is 4.32. The fourth-order valence-electron chi connectivity index (χ4n) is 3.13. The topological polar surface area (TPSA) is 49.5 Å². The summed E-state index contributed by atoms with van der Waals surface area (Å²) < 4.78 is 0. The van der Waals surface area contributed by atoms with E-state index >= 15 is 0 Å². The van der Waals surface area contributed by atoms with E-state index in [9.17, 15) is 5.11 Å². The SMILES string of the molecule is CN(CC(CN)c1ccccc1)C1CCCCC1O. The molecular weight excluding hydrogens is 236 g/mol. The molecule has 3 unspecified atom stereocenters. The Morgan fingerprint density at radius 3 is 2.58 bits per heavy atom. The zero-order valence-corrected chi connectivity index (χ0v) is 11.8. The van der Waals surface area contributed by atoms with Crippen LogP contribution in [0.1, 0.15) is 37.2 Å². The van der Waals surface area contributed by atoms with E-state index in [0.717, 1.165) is 25.8 Å². The first-order valence-electron chi connectivity index (χ1n) is 7.35. The van der Waals surface area contributed by atoms with E-state index < -0.39 is 0 Å². The molecule has 3 heteroatoms. The van der Waals surface area contributed by atoms with Gasteiger partial charge in [0.1, 0.15) is 0 Å². The van der Waals surface area contributed by atoms with Crippen molar-refractivity contribution < 1.29 is 5.11 Å². The number of rotatable bonds is 5. The van der Waals surface area contributed by atoms with Crippen molar-refractivity contribution >= 4 is 0 Å². The van der Waals surface area contributed by atoms with E-state index in [1.807, 2.05) is 6.07 Å². The quantitative estimate of drug-likeness (QED) is 0.853. The van der Waals surface area contributed by atoms with Crippen molar-refractivity contribution in [2.45, 2.75) is 43.7 Å². The molecule has 3 atom stereocenters. The first-order chi connectivity index (χ1) is 9.22. The second-order valence-corrected chi connectivity index (χ2v) is 5.70. The minimum Gasteiger partial charge on any atom is -0.391 e. The molecule has 1 saturated carbocycles. The Morgan fingerprint density at radius 1 is 1.26 bits per heavy atom. The van der Waals surface area contributed by atoms with Gasteiger partial charge in [0.05, 0.1) is 6.10 Å². The fourth-order valence-corrected chi connectivity index (χ4v) is 3.13. The molecule has 19 heavy (non-hydrogen) atoms. The monoisotopic (exact) mass is 262 g/mol. The first kappa shape index (κ1) is 14.5. The van der Waals surface area contributed by atoms with Crippen LogP contribution in [-0.2, 0) is 0 Å². The van der Waals surface area contributed by atoms with E-state index in [1.165, 1.54) is 12.0 Å². The summed E-state index contributed by atoms with van der Waals surface area (Å²) in [7, 11) is 2.12. The number of aliphatic hydroxyl groups is 1. The van der Waals surface area contributed by atoms with Gasteiger partial charge in [-0.25, -0.2) is 0 Å². The zero-order chi connectivity index (χ0) is 13.7. The van der Waals surface area contributed by atoms with Gasteiger partial charge in [0.25, 0.3) is 0 Å². The molecule has 2 rings (SSSR count). The largest absolute Gasteiger partial charge is 0.391 e. The van der Waals surface area contributed by atoms with Crippen molar-refractivity contribution in [2.24, 2.45) is 5.73 Å². The van der Waals surface area contributed by atoms with Gasteiger partial charge in [0.15, 0.2) is 0 Å². The van der Waals surface area contributed by atoms with Crippen molar-refractivity contribution in [2.75, 3.05) is 20.1 Å². The lowest BCUT2D eigenvalue weighted by atomic mass is 9.90. The van der Waals surface area contributed by atoms with Gasteiger partial charge in [0, 0.05) is 25.0 Å². The minimum absolute atomic E-state index is 0.173. The molecule has 3 N–H and O–H groups in total. The summed E-state index contributed by atoms with van der Waals surface area (Å²) in [4.78, 5) is 2.30. The zero-order valence-electron chi connectivity index (χ0n) is 11.8. The van der Waals surface area contributed by atoms with Gasteiger partial charge in [-0.2, -0.15) is 0 Å². The van der Waals surface area contributed by atoms with Crippen LogP contribution in [0.2, 0.25) is 0 Å². The molecule has 0 radical (unpaired) electrons. The summed E-state index contributed by atoms with van der Waals surface area (Å²) in [5.74, 6) is 0.348. The molecule has 1 aromatic rings. The van der Waals surface area contributed by atoms with Crippen LogP contribution in [0.25, 0.3) is 0 Å². The molecule has 1 aromatic carbocycles. The number of hydrogen-bond acceptors (Lipinski definition) is 3. The van der Waals surface area contributed by atoms with Crippen LogP contribution < -0.4 is 5.73 Å². The highest BCUT2D eigenvalue weighted by Gasteiger charge is 2.27. The lowest BCUT2D eigenvalue weighted by Crippen LogP contribution is -2.45. The summed E-state index contributed by atoms with van der Waals surface area (Å²) in [6.07, 6.45) is 4.25. The Morgan fingerprint density at radius 2 is 1.95 bits per heavy atom. The highest BCUT2D eigenvalue weighted by Crippen LogP contribution is 2.24. The molecule has 1 aliphatic carbocycles. The maximum Gasteiger partial charge on any atom is 0.0695 e. The number of aliphatic hydroxyl groups excluding tert-OH is 1. The van der Waals surface area contributed by atoms with Crippen LogP contribution in [0.4, 0.5) is 0 Å². The van der Waals surface area contributed by atoms with Gasteiger partial charge in [-0.1, -0.05) is 43.2 Å². The van der Waals surface area contributed by atoms with Gasteiger partial charge >= 0.3 is 0 Å². The van der Waals surface area contributed by atoms with E-state index in [1.54, 1.807) is 0 Å². The lowest BCUT2D eigenvalue weighted by molar-refractivity contribution is 0.0299. The molecule has 0 saturated heterocycles. The Labute approximate surface area is 116 Å². The Bertz CT molecular complexity index is 368. The molecular formula is C16H26N2O. The highest BCUT2D eigenvalue weighted by atomic mass is 16.3. The predicted molar refractivity (Wildman–Crippen MR) is 79.1 cm³/mol. The van der Waals surface area contributed by atoms with Crippen molar-refractivity contribution in [1.29, 1.82) is 0 Å². The molecule has 106 valence electrons. The first-order valence-corrected chi connectivity index (χ1v) is 7.35. The summed E-state index contributed by atoms with van der Waals surface area (Å²) in [5, 5.41) is 10.1. The van der Waals surface area contributed by atoms with Crippen molar-refractivity contribution in [3.8, 4) is 0 Å². The van der Waals surface area contributed by atoms with E-state index in [2.05, 4.69) is 36.2 Å². The second kappa shape index (κ2) is 7.04. The minimum atomic E-state index is -0.173. The fraction of sp³-hybridized carbons (Fsp3) is 0.625. The third-order valence-corrected chi connectivity index (χ3v) is 4.32. The van der Waals surface area contributed by atoms with Crippen LogP contribution in [0.5, 0.6) is 0 Å². The van der Waals surface area contributed by atoms with Crippen LogP contribution in [0, 0.1) is 0 Å². The lowest BCUT2D eigenvalue weighted by Gasteiger charge is -2.37. The van der Waals surface area contributed by atoms with Gasteiger partial charge in [-0.15, -0.1) is 0 Å². The number of hydrogen-bond donors (Lipinski definition) is 2. The van der Waals surface area contributed by atoms with Crippen LogP contribution in [0.15, 0.2) is 30.3 Å². The van der Waals surface area contributed by atoms with Gasteiger partial charge in [-0.3, -0.25) is 0 Å². The number of likely N-dealkylation sites (N-methyl/N-ethyl adjacent to an activating group) is 1. The third kappa shape index (κ3) is 3.78. The van der Waals surface area contributed by atoms with Gasteiger partial charge in [-0.05, 0) is 25.5 Å². The molecule has 0 amide bonds. The van der Waals surface area contributed by atoms with E-state index in [-0.39, 0.29) is 6.10 Å². The maximum absolute atomic E-state index is 10.1. The Hall–Kier alpha value is -0.900. The molecule has 0 aromatic heterocycles. The smallest absolute Gasteiger partial charge is 0.0695 e. The molecule has 0 heterocycles. The Kier molecular flexibility index (Phi) is 5.37. The summed E-state index contributed by atoms with van der Waals surface area (Å²) in [6, 6.07) is 10.7.